The zero-order chi connectivity index (χ0) is 18.6. The maximum absolute atomic E-state index is 13.0. The lowest BCUT2D eigenvalue weighted by molar-refractivity contribution is -0.137. The van der Waals surface area contributed by atoms with Crippen LogP contribution in [0.25, 0.3) is 0 Å². The van der Waals surface area contributed by atoms with Gasteiger partial charge in [-0.1, -0.05) is 41.9 Å². The summed E-state index contributed by atoms with van der Waals surface area (Å²) in [6.07, 6.45) is 0. The van der Waals surface area contributed by atoms with Crippen LogP contribution in [0.15, 0.2) is 59.5 Å². The quantitative estimate of drug-likeness (QED) is 0.843. The molecule has 0 aliphatic carbocycles. The van der Waals surface area contributed by atoms with Crippen LogP contribution in [-0.2, 0) is 19.6 Å². The molecule has 1 N–H and O–H groups in total. The zero-order valence-electron chi connectivity index (χ0n) is 14.0. The minimum atomic E-state index is -3.90. The second-order valence-corrected chi connectivity index (χ2v) is 8.01. The Labute approximate surface area is 157 Å². The van der Waals surface area contributed by atoms with E-state index in [4.69, 9.17) is 16.3 Å². The molecule has 1 aliphatic heterocycles. The highest BCUT2D eigenvalue weighted by Gasteiger charge is 2.31. The summed E-state index contributed by atoms with van der Waals surface area (Å²) in [7, 11) is -3.90. The minimum Gasteiger partial charge on any atom is -0.378 e. The largest absolute Gasteiger partial charge is 0.378 e. The topological polar surface area (TPSA) is 75.7 Å². The van der Waals surface area contributed by atoms with Crippen molar-refractivity contribution >= 4 is 27.5 Å². The number of sulfonamides is 1. The molecule has 1 fully saturated rings. The van der Waals surface area contributed by atoms with Crippen LogP contribution in [0.4, 0.5) is 0 Å². The number of nitrogens with zero attached hydrogens (tertiary/aromatic N) is 1. The first-order chi connectivity index (χ1) is 12.5. The third-order valence-electron chi connectivity index (χ3n) is 4.10. The van der Waals surface area contributed by atoms with Crippen LogP contribution in [0.3, 0.4) is 0 Å². The highest BCUT2D eigenvalue weighted by Crippen LogP contribution is 2.21. The monoisotopic (exact) mass is 394 g/mol. The maximum Gasteiger partial charge on any atom is 0.245 e. The summed E-state index contributed by atoms with van der Waals surface area (Å²) in [6, 6.07) is 13.6. The molecule has 2 aromatic carbocycles. The average Bonchev–Trinajstić information content (AvgIpc) is 2.67. The number of hydrogen-bond donors (Lipinski definition) is 1. The summed E-state index contributed by atoms with van der Waals surface area (Å²) in [5.41, 5.74) is 0.585. The van der Waals surface area contributed by atoms with E-state index in [1.54, 1.807) is 29.2 Å². The maximum atomic E-state index is 13.0. The Morgan fingerprint density at radius 3 is 2.27 bits per heavy atom. The molecular weight excluding hydrogens is 376 g/mol. The lowest BCUT2D eigenvalue weighted by Gasteiger charge is -2.30. The Hall–Kier alpha value is -1.93. The second kappa shape index (κ2) is 8.18. The number of morpholine rings is 1. The third-order valence-corrected chi connectivity index (χ3v) is 5.79. The van der Waals surface area contributed by atoms with Gasteiger partial charge in [0.05, 0.1) is 18.1 Å². The Morgan fingerprint density at radius 2 is 1.65 bits per heavy atom. The van der Waals surface area contributed by atoms with E-state index < -0.39 is 16.1 Å². The standard InChI is InChI=1S/C18H19ClN2O4S/c19-15-6-8-16(9-7-15)26(23,24)20-17(14-4-2-1-3-5-14)18(22)21-10-12-25-13-11-21/h1-9,17,20H,10-13H2/t17-/m0/s1. The van der Waals surface area contributed by atoms with Gasteiger partial charge in [0.15, 0.2) is 0 Å². The van der Waals surface area contributed by atoms with Crippen molar-refractivity contribution in [3.63, 3.8) is 0 Å². The van der Waals surface area contributed by atoms with Crippen LogP contribution in [0.5, 0.6) is 0 Å². The molecule has 1 aliphatic rings. The number of rotatable bonds is 5. The average molecular weight is 395 g/mol. The van der Waals surface area contributed by atoms with E-state index in [0.29, 0.717) is 36.9 Å². The molecule has 8 heteroatoms. The van der Waals surface area contributed by atoms with Crippen molar-refractivity contribution in [1.29, 1.82) is 0 Å². The van der Waals surface area contributed by atoms with E-state index >= 15 is 0 Å². The van der Waals surface area contributed by atoms with Crippen LogP contribution in [0.1, 0.15) is 11.6 Å². The van der Waals surface area contributed by atoms with Crippen molar-refractivity contribution in [2.75, 3.05) is 26.3 Å². The summed E-state index contributed by atoms with van der Waals surface area (Å²) < 4.78 is 33.3. The highest BCUT2D eigenvalue weighted by molar-refractivity contribution is 7.89. The molecule has 3 rings (SSSR count). The number of ether oxygens (including phenoxy) is 1. The van der Waals surface area contributed by atoms with Crippen LogP contribution in [-0.4, -0.2) is 45.5 Å². The van der Waals surface area contributed by atoms with Crippen molar-refractivity contribution in [2.45, 2.75) is 10.9 Å². The molecule has 0 aromatic heterocycles. The predicted molar refractivity (Wildman–Crippen MR) is 98.4 cm³/mol. The van der Waals surface area contributed by atoms with Crippen LogP contribution < -0.4 is 4.72 Å². The Balaban J connectivity index is 1.90. The van der Waals surface area contributed by atoms with E-state index in [1.807, 2.05) is 6.07 Å². The summed E-state index contributed by atoms with van der Waals surface area (Å²) in [5, 5.41) is 0.438. The van der Waals surface area contributed by atoms with Crippen LogP contribution in [0, 0.1) is 0 Å². The predicted octanol–water partition coefficient (Wildman–Crippen LogP) is 2.22. The third kappa shape index (κ3) is 4.42. The molecule has 0 bridgehead atoms. The van der Waals surface area contributed by atoms with Gasteiger partial charge in [-0.3, -0.25) is 4.79 Å². The van der Waals surface area contributed by atoms with Gasteiger partial charge in [0, 0.05) is 18.1 Å². The minimum absolute atomic E-state index is 0.0533. The van der Waals surface area contributed by atoms with E-state index in [1.165, 1.54) is 24.3 Å². The molecule has 6 nitrogen and oxygen atoms in total. The number of benzene rings is 2. The molecule has 1 atom stereocenters. The molecular formula is C18H19ClN2O4S. The zero-order valence-corrected chi connectivity index (χ0v) is 15.5. The molecule has 0 radical (unpaired) electrons. The van der Waals surface area contributed by atoms with Crippen molar-refractivity contribution in [1.82, 2.24) is 9.62 Å². The summed E-state index contributed by atoms with van der Waals surface area (Å²) >= 11 is 5.83. The number of halogens is 1. The molecule has 0 saturated carbocycles. The Bertz CT molecular complexity index is 851. The van der Waals surface area contributed by atoms with E-state index in [0.717, 1.165) is 0 Å². The number of nitrogens with one attached hydrogen (secondary N) is 1. The van der Waals surface area contributed by atoms with Gasteiger partial charge in [-0.15, -0.1) is 0 Å². The fourth-order valence-corrected chi connectivity index (χ4v) is 4.01. The van der Waals surface area contributed by atoms with Crippen molar-refractivity contribution < 1.29 is 17.9 Å². The van der Waals surface area contributed by atoms with Crippen molar-refractivity contribution in [2.24, 2.45) is 0 Å². The molecule has 1 saturated heterocycles. The first kappa shape index (κ1) is 18.8. The SMILES string of the molecule is O=C([C@@H](NS(=O)(=O)c1ccc(Cl)cc1)c1ccccc1)N1CCOCC1. The normalized spacial score (nSPS) is 16.3. The molecule has 0 spiro atoms. The van der Waals surface area contributed by atoms with Gasteiger partial charge < -0.3 is 9.64 Å². The van der Waals surface area contributed by atoms with Gasteiger partial charge in [0.1, 0.15) is 6.04 Å². The highest BCUT2D eigenvalue weighted by atomic mass is 35.5. The van der Waals surface area contributed by atoms with Gasteiger partial charge in [-0.25, -0.2) is 8.42 Å². The fourth-order valence-electron chi connectivity index (χ4n) is 2.71. The van der Waals surface area contributed by atoms with Gasteiger partial charge in [-0.05, 0) is 29.8 Å². The van der Waals surface area contributed by atoms with Crippen molar-refractivity contribution in [3.8, 4) is 0 Å². The first-order valence-corrected chi connectivity index (χ1v) is 10.0. The van der Waals surface area contributed by atoms with E-state index in [2.05, 4.69) is 4.72 Å². The molecule has 26 heavy (non-hydrogen) atoms. The van der Waals surface area contributed by atoms with Gasteiger partial charge in [-0.2, -0.15) is 4.72 Å². The summed E-state index contributed by atoms with van der Waals surface area (Å²) in [4.78, 5) is 14.7. The number of carbonyl (C=O) groups is 1. The first-order valence-electron chi connectivity index (χ1n) is 8.17. The Morgan fingerprint density at radius 1 is 1.04 bits per heavy atom. The molecule has 1 amide bonds. The lowest BCUT2D eigenvalue weighted by Crippen LogP contribution is -2.47. The van der Waals surface area contributed by atoms with E-state index in [-0.39, 0.29) is 10.8 Å². The lowest BCUT2D eigenvalue weighted by atomic mass is 10.1. The fraction of sp³-hybridized carbons (Fsp3) is 0.278. The van der Waals surface area contributed by atoms with Gasteiger partial charge in [0.25, 0.3) is 0 Å². The second-order valence-electron chi connectivity index (χ2n) is 5.86. The molecule has 0 unspecified atom stereocenters. The number of carbonyl (C=O) groups excluding carboxylic acids is 1. The molecule has 1 heterocycles. The van der Waals surface area contributed by atoms with Crippen LogP contribution >= 0.6 is 11.6 Å². The molecule has 2 aromatic rings. The summed E-state index contributed by atoms with van der Waals surface area (Å²) in [5.74, 6) is -0.294. The van der Waals surface area contributed by atoms with Crippen molar-refractivity contribution in [3.05, 3.63) is 65.2 Å². The molecule has 138 valence electrons. The number of amides is 1. The summed E-state index contributed by atoms with van der Waals surface area (Å²) in [6.45, 7) is 1.75. The number of hydrogen-bond acceptors (Lipinski definition) is 4. The van der Waals surface area contributed by atoms with Gasteiger partial charge >= 0.3 is 0 Å². The Kier molecular flexibility index (Phi) is 5.93. The van der Waals surface area contributed by atoms with Gasteiger partial charge in [0.2, 0.25) is 15.9 Å². The van der Waals surface area contributed by atoms with E-state index in [9.17, 15) is 13.2 Å². The van der Waals surface area contributed by atoms with Crippen LogP contribution in [0.2, 0.25) is 5.02 Å². The smallest absolute Gasteiger partial charge is 0.245 e.